The Hall–Kier alpha value is -2.27. The maximum Gasteiger partial charge on any atom is 0.182 e. The van der Waals surface area contributed by atoms with Crippen LogP contribution in [-0.4, -0.2) is 23.7 Å². The highest BCUT2D eigenvalue weighted by atomic mass is 32.2. The Kier molecular flexibility index (Phi) is 4.26. The summed E-state index contributed by atoms with van der Waals surface area (Å²) >= 11 is 1.67. The lowest BCUT2D eigenvalue weighted by molar-refractivity contribution is 0.416. The van der Waals surface area contributed by atoms with Crippen molar-refractivity contribution in [1.82, 2.24) is 5.43 Å². The van der Waals surface area contributed by atoms with Gasteiger partial charge in [0.2, 0.25) is 0 Å². The van der Waals surface area contributed by atoms with Gasteiger partial charge in [-0.25, -0.2) is 4.99 Å². The molecule has 0 saturated carbocycles. The number of hydrogen-bond donors (Lipinski definition) is 1. The molecule has 1 N–H and O–H groups in total. The van der Waals surface area contributed by atoms with E-state index >= 15 is 0 Å². The zero-order valence-corrected chi connectivity index (χ0v) is 14.4. The van der Waals surface area contributed by atoms with E-state index in [9.17, 15) is 0 Å². The molecule has 122 valence electrons. The number of hydrogen-bond acceptors (Lipinski definition) is 4. The van der Waals surface area contributed by atoms with E-state index in [1.807, 2.05) is 24.3 Å². The highest BCUT2D eigenvalue weighted by molar-refractivity contribution is 8.14. The second-order valence-corrected chi connectivity index (χ2v) is 6.85. The standard InChI is InChI=1S/C19H19N3OS/c1-23-18-8-3-2-7-16(18)20-19-22-21-17(12-24-19)15-10-9-13-5-4-6-14(13)11-15/h2-3,7-11H,4-6,12H2,1H3,(H,20,22). The highest BCUT2D eigenvalue weighted by Crippen LogP contribution is 2.28. The second-order valence-electron chi connectivity index (χ2n) is 5.88. The Bertz CT molecular complexity index is 829. The molecule has 0 unspecified atom stereocenters. The minimum atomic E-state index is 0.765. The van der Waals surface area contributed by atoms with Gasteiger partial charge in [0.1, 0.15) is 11.4 Å². The predicted octanol–water partition coefficient (Wildman–Crippen LogP) is 3.91. The minimum Gasteiger partial charge on any atom is -0.494 e. The molecule has 0 saturated heterocycles. The SMILES string of the molecule is COc1ccccc1N=C1NN=C(c2ccc3c(c2)CCC3)CS1. The number of nitrogens with zero attached hydrogens (tertiary/aromatic N) is 2. The van der Waals surface area contributed by atoms with Crippen LogP contribution >= 0.6 is 11.8 Å². The number of para-hydroxylation sites is 2. The van der Waals surface area contributed by atoms with Crippen LogP contribution in [0.1, 0.15) is 23.1 Å². The summed E-state index contributed by atoms with van der Waals surface area (Å²) in [6, 6.07) is 14.5. The van der Waals surface area contributed by atoms with Crippen molar-refractivity contribution >= 4 is 28.3 Å². The van der Waals surface area contributed by atoms with E-state index in [4.69, 9.17) is 4.74 Å². The lowest BCUT2D eigenvalue weighted by Gasteiger charge is -2.16. The first kappa shape index (κ1) is 15.3. The molecule has 4 rings (SSSR count). The Labute approximate surface area is 146 Å². The normalized spacial score (nSPS) is 18.0. The van der Waals surface area contributed by atoms with E-state index in [1.54, 1.807) is 18.9 Å². The number of methoxy groups -OCH3 is 1. The molecular formula is C19H19N3OS. The van der Waals surface area contributed by atoms with E-state index in [0.29, 0.717) is 0 Å². The van der Waals surface area contributed by atoms with Crippen molar-refractivity contribution in [3.8, 4) is 5.75 Å². The van der Waals surface area contributed by atoms with Crippen molar-refractivity contribution in [2.75, 3.05) is 12.9 Å². The molecule has 1 aliphatic heterocycles. The number of aliphatic imine (C=N–C) groups is 1. The number of ether oxygens (including phenoxy) is 1. The molecule has 0 aromatic heterocycles. The molecule has 2 aromatic carbocycles. The fourth-order valence-corrected chi connectivity index (χ4v) is 3.88. The topological polar surface area (TPSA) is 46.0 Å². The fourth-order valence-electron chi connectivity index (χ4n) is 3.10. The van der Waals surface area contributed by atoms with Gasteiger partial charge in [0.05, 0.1) is 12.8 Å². The zero-order valence-electron chi connectivity index (χ0n) is 13.6. The van der Waals surface area contributed by atoms with E-state index in [1.165, 1.54) is 36.0 Å². The Morgan fingerprint density at radius 1 is 1.12 bits per heavy atom. The molecule has 1 heterocycles. The molecule has 0 amide bonds. The fraction of sp³-hybridized carbons (Fsp3) is 0.263. The van der Waals surface area contributed by atoms with Gasteiger partial charge in [-0.2, -0.15) is 5.10 Å². The van der Waals surface area contributed by atoms with Gasteiger partial charge in [-0.3, -0.25) is 5.43 Å². The van der Waals surface area contributed by atoms with Crippen LogP contribution in [0.15, 0.2) is 52.6 Å². The Morgan fingerprint density at radius 3 is 2.83 bits per heavy atom. The summed E-state index contributed by atoms with van der Waals surface area (Å²) in [6.07, 6.45) is 3.68. The third-order valence-corrected chi connectivity index (χ3v) is 5.24. The number of fused-ring (bicyclic) bond motifs is 1. The lowest BCUT2D eigenvalue weighted by atomic mass is 10.0. The number of benzene rings is 2. The zero-order chi connectivity index (χ0) is 16.4. The summed E-state index contributed by atoms with van der Waals surface area (Å²) in [4.78, 5) is 4.61. The van der Waals surface area contributed by atoms with Crippen molar-refractivity contribution in [3.63, 3.8) is 0 Å². The molecule has 4 nitrogen and oxygen atoms in total. The number of rotatable bonds is 3. The summed E-state index contributed by atoms with van der Waals surface area (Å²) in [5.74, 6) is 1.58. The van der Waals surface area contributed by atoms with E-state index in [0.717, 1.165) is 28.1 Å². The monoisotopic (exact) mass is 337 g/mol. The summed E-state index contributed by atoms with van der Waals surface area (Å²) in [6.45, 7) is 0. The average Bonchev–Trinajstić information content (AvgIpc) is 3.10. The van der Waals surface area contributed by atoms with Crippen molar-refractivity contribution in [2.24, 2.45) is 10.1 Å². The van der Waals surface area contributed by atoms with Crippen LogP contribution < -0.4 is 10.2 Å². The maximum absolute atomic E-state index is 5.34. The Morgan fingerprint density at radius 2 is 2.00 bits per heavy atom. The molecule has 0 radical (unpaired) electrons. The smallest absolute Gasteiger partial charge is 0.182 e. The van der Waals surface area contributed by atoms with Crippen LogP contribution in [0, 0.1) is 0 Å². The number of thioether (sulfide) groups is 1. The van der Waals surface area contributed by atoms with Crippen molar-refractivity contribution in [3.05, 3.63) is 59.2 Å². The van der Waals surface area contributed by atoms with Crippen molar-refractivity contribution in [2.45, 2.75) is 19.3 Å². The molecule has 0 bridgehead atoms. The number of nitrogens with one attached hydrogen (secondary N) is 1. The van der Waals surface area contributed by atoms with Crippen LogP contribution in [-0.2, 0) is 12.8 Å². The molecule has 2 aliphatic rings. The van der Waals surface area contributed by atoms with Crippen LogP contribution in [0.25, 0.3) is 0 Å². The van der Waals surface area contributed by atoms with Gasteiger partial charge in [0.15, 0.2) is 5.17 Å². The summed E-state index contributed by atoms with van der Waals surface area (Å²) < 4.78 is 5.34. The molecule has 2 aromatic rings. The summed E-state index contributed by atoms with van der Waals surface area (Å²) in [7, 11) is 1.66. The predicted molar refractivity (Wildman–Crippen MR) is 101 cm³/mol. The van der Waals surface area contributed by atoms with Gasteiger partial charge >= 0.3 is 0 Å². The van der Waals surface area contributed by atoms with Gasteiger partial charge in [0, 0.05) is 5.75 Å². The molecule has 5 heteroatoms. The molecule has 0 spiro atoms. The molecular weight excluding hydrogens is 318 g/mol. The second kappa shape index (κ2) is 6.69. The summed E-state index contributed by atoms with van der Waals surface area (Å²) in [5.41, 5.74) is 9.16. The van der Waals surface area contributed by atoms with Crippen molar-refractivity contribution < 1.29 is 4.74 Å². The number of hydrazone groups is 1. The molecule has 0 atom stereocenters. The van der Waals surface area contributed by atoms with E-state index in [2.05, 4.69) is 33.7 Å². The van der Waals surface area contributed by atoms with Gasteiger partial charge in [-0.1, -0.05) is 36.0 Å². The maximum atomic E-state index is 5.34. The first-order chi connectivity index (χ1) is 11.8. The molecule has 0 fully saturated rings. The molecule has 24 heavy (non-hydrogen) atoms. The number of aryl methyl sites for hydroxylation is 2. The third kappa shape index (κ3) is 3.04. The van der Waals surface area contributed by atoms with Crippen molar-refractivity contribution in [1.29, 1.82) is 0 Å². The van der Waals surface area contributed by atoms with E-state index < -0.39 is 0 Å². The summed E-state index contributed by atoms with van der Waals surface area (Å²) in [5, 5.41) is 5.33. The lowest BCUT2D eigenvalue weighted by Crippen LogP contribution is -2.25. The van der Waals surface area contributed by atoms with Crippen LogP contribution in [0.4, 0.5) is 5.69 Å². The number of amidine groups is 1. The minimum absolute atomic E-state index is 0.765. The third-order valence-electron chi connectivity index (χ3n) is 4.37. The van der Waals surface area contributed by atoms with Gasteiger partial charge in [-0.15, -0.1) is 0 Å². The van der Waals surface area contributed by atoms with Crippen LogP contribution in [0.5, 0.6) is 5.75 Å². The first-order valence-electron chi connectivity index (χ1n) is 8.13. The van der Waals surface area contributed by atoms with Gasteiger partial charge in [-0.05, 0) is 54.2 Å². The highest BCUT2D eigenvalue weighted by Gasteiger charge is 2.17. The van der Waals surface area contributed by atoms with Crippen LogP contribution in [0.3, 0.4) is 0 Å². The van der Waals surface area contributed by atoms with Crippen LogP contribution in [0.2, 0.25) is 0 Å². The largest absolute Gasteiger partial charge is 0.494 e. The first-order valence-corrected chi connectivity index (χ1v) is 9.11. The van der Waals surface area contributed by atoms with E-state index in [-0.39, 0.29) is 0 Å². The average molecular weight is 337 g/mol. The van der Waals surface area contributed by atoms with Gasteiger partial charge in [0.25, 0.3) is 0 Å². The quantitative estimate of drug-likeness (QED) is 0.923. The van der Waals surface area contributed by atoms with Gasteiger partial charge < -0.3 is 4.74 Å². The Balaban J connectivity index is 1.54. The molecule has 1 aliphatic carbocycles.